The SMILES string of the molecule is CC(C)CCNC(=O)c1nc(C(=O)NCCCc2ccccc2)n2c1CCCC2. The molecule has 2 aromatic rings. The molecule has 0 spiro atoms. The Kier molecular flexibility index (Phi) is 7.44. The lowest BCUT2D eigenvalue weighted by Gasteiger charge is -2.17. The first-order valence-electron chi connectivity index (χ1n) is 10.8. The first kappa shape index (κ1) is 21.1. The van der Waals surface area contributed by atoms with Gasteiger partial charge < -0.3 is 15.2 Å². The number of rotatable bonds is 9. The number of nitrogens with zero attached hydrogens (tertiary/aromatic N) is 2. The molecule has 1 aliphatic rings. The van der Waals surface area contributed by atoms with Crippen LogP contribution in [0.4, 0.5) is 0 Å². The van der Waals surface area contributed by atoms with Crippen molar-refractivity contribution in [1.29, 1.82) is 0 Å². The van der Waals surface area contributed by atoms with Crippen LogP contribution in [0.15, 0.2) is 30.3 Å². The number of nitrogens with one attached hydrogen (secondary N) is 2. The van der Waals surface area contributed by atoms with Crippen molar-refractivity contribution in [1.82, 2.24) is 20.2 Å². The van der Waals surface area contributed by atoms with E-state index < -0.39 is 0 Å². The fourth-order valence-corrected chi connectivity index (χ4v) is 3.67. The molecule has 6 nitrogen and oxygen atoms in total. The highest BCUT2D eigenvalue weighted by atomic mass is 16.2. The largest absolute Gasteiger partial charge is 0.351 e. The van der Waals surface area contributed by atoms with Crippen molar-refractivity contribution in [2.24, 2.45) is 5.92 Å². The van der Waals surface area contributed by atoms with Crippen LogP contribution in [-0.2, 0) is 19.4 Å². The Bertz CT molecular complexity index is 827. The molecule has 6 heteroatoms. The summed E-state index contributed by atoms with van der Waals surface area (Å²) >= 11 is 0. The second-order valence-corrected chi connectivity index (χ2v) is 8.12. The average molecular weight is 397 g/mol. The lowest BCUT2D eigenvalue weighted by Crippen LogP contribution is -2.29. The van der Waals surface area contributed by atoms with E-state index in [1.807, 2.05) is 22.8 Å². The number of hydrogen-bond acceptors (Lipinski definition) is 3. The standard InChI is InChI=1S/C23H32N4O2/c1-17(2)13-15-25-22(28)20-19-12-6-7-16-27(19)21(26-20)23(29)24-14-8-11-18-9-4-3-5-10-18/h3-5,9-10,17H,6-8,11-16H2,1-2H3,(H,24,29)(H,25,28). The highest BCUT2D eigenvalue weighted by Crippen LogP contribution is 2.21. The van der Waals surface area contributed by atoms with Crippen LogP contribution in [0.1, 0.15) is 71.9 Å². The lowest BCUT2D eigenvalue weighted by molar-refractivity contribution is 0.0937. The molecule has 1 aromatic carbocycles. The summed E-state index contributed by atoms with van der Waals surface area (Å²) < 4.78 is 1.94. The van der Waals surface area contributed by atoms with Crippen LogP contribution in [0.5, 0.6) is 0 Å². The summed E-state index contributed by atoms with van der Waals surface area (Å²) in [7, 11) is 0. The van der Waals surface area contributed by atoms with Gasteiger partial charge >= 0.3 is 0 Å². The average Bonchev–Trinajstić information content (AvgIpc) is 3.11. The van der Waals surface area contributed by atoms with Gasteiger partial charge in [-0.1, -0.05) is 44.2 Å². The van der Waals surface area contributed by atoms with Crippen molar-refractivity contribution in [2.45, 2.75) is 58.9 Å². The zero-order valence-electron chi connectivity index (χ0n) is 17.5. The first-order valence-corrected chi connectivity index (χ1v) is 10.8. The zero-order valence-corrected chi connectivity index (χ0v) is 17.5. The van der Waals surface area contributed by atoms with Crippen molar-refractivity contribution >= 4 is 11.8 Å². The van der Waals surface area contributed by atoms with Gasteiger partial charge in [0, 0.05) is 19.6 Å². The third-order valence-electron chi connectivity index (χ3n) is 5.31. The van der Waals surface area contributed by atoms with Crippen molar-refractivity contribution < 1.29 is 9.59 Å². The molecule has 156 valence electrons. The number of hydrogen-bond donors (Lipinski definition) is 2. The van der Waals surface area contributed by atoms with Gasteiger partial charge in [-0.15, -0.1) is 0 Å². The van der Waals surface area contributed by atoms with Crippen LogP contribution in [0.3, 0.4) is 0 Å². The molecular weight excluding hydrogens is 364 g/mol. The monoisotopic (exact) mass is 396 g/mol. The Balaban J connectivity index is 1.61. The molecule has 0 bridgehead atoms. The van der Waals surface area contributed by atoms with Gasteiger partial charge in [-0.3, -0.25) is 9.59 Å². The van der Waals surface area contributed by atoms with E-state index in [1.165, 1.54) is 5.56 Å². The maximum Gasteiger partial charge on any atom is 0.287 e. The van der Waals surface area contributed by atoms with E-state index in [4.69, 9.17) is 0 Å². The summed E-state index contributed by atoms with van der Waals surface area (Å²) in [6, 6.07) is 10.2. The second-order valence-electron chi connectivity index (χ2n) is 8.12. The van der Waals surface area contributed by atoms with E-state index in [2.05, 4.69) is 41.6 Å². The highest BCUT2D eigenvalue weighted by Gasteiger charge is 2.27. The minimum atomic E-state index is -0.192. The van der Waals surface area contributed by atoms with E-state index in [-0.39, 0.29) is 11.8 Å². The molecule has 0 fully saturated rings. The highest BCUT2D eigenvalue weighted by molar-refractivity contribution is 5.97. The molecule has 0 atom stereocenters. The third-order valence-corrected chi connectivity index (χ3v) is 5.31. The lowest BCUT2D eigenvalue weighted by atomic mass is 10.1. The topological polar surface area (TPSA) is 76.0 Å². The van der Waals surface area contributed by atoms with E-state index in [0.29, 0.717) is 30.5 Å². The summed E-state index contributed by atoms with van der Waals surface area (Å²) in [5.74, 6) is 0.540. The van der Waals surface area contributed by atoms with Crippen LogP contribution in [0.25, 0.3) is 0 Å². The molecular formula is C23H32N4O2. The fourth-order valence-electron chi connectivity index (χ4n) is 3.67. The Hall–Kier alpha value is -2.63. The van der Waals surface area contributed by atoms with E-state index >= 15 is 0 Å². The predicted octanol–water partition coefficient (Wildman–Crippen LogP) is 3.36. The molecule has 0 radical (unpaired) electrons. The Labute approximate surface area is 173 Å². The van der Waals surface area contributed by atoms with Crippen LogP contribution in [0, 0.1) is 5.92 Å². The van der Waals surface area contributed by atoms with Crippen LogP contribution >= 0.6 is 0 Å². The number of imidazole rings is 1. The number of aromatic nitrogens is 2. The minimum absolute atomic E-state index is 0.167. The molecule has 2 amide bonds. The van der Waals surface area contributed by atoms with Crippen molar-refractivity contribution in [3.63, 3.8) is 0 Å². The van der Waals surface area contributed by atoms with Crippen molar-refractivity contribution in [2.75, 3.05) is 13.1 Å². The van der Waals surface area contributed by atoms with Crippen LogP contribution < -0.4 is 10.6 Å². The fraction of sp³-hybridized carbons (Fsp3) is 0.522. The maximum absolute atomic E-state index is 12.7. The quantitative estimate of drug-likeness (QED) is 0.638. The molecule has 1 aliphatic heterocycles. The third kappa shape index (κ3) is 5.68. The Morgan fingerprint density at radius 2 is 1.83 bits per heavy atom. The smallest absolute Gasteiger partial charge is 0.287 e. The summed E-state index contributed by atoms with van der Waals surface area (Å²) in [6.45, 7) is 6.22. The summed E-state index contributed by atoms with van der Waals surface area (Å²) in [4.78, 5) is 29.8. The summed E-state index contributed by atoms with van der Waals surface area (Å²) in [5.41, 5.74) is 2.58. The minimum Gasteiger partial charge on any atom is -0.351 e. The number of benzene rings is 1. The maximum atomic E-state index is 12.7. The van der Waals surface area contributed by atoms with Crippen LogP contribution in [0.2, 0.25) is 0 Å². The molecule has 0 aliphatic carbocycles. The first-order chi connectivity index (χ1) is 14.1. The predicted molar refractivity (Wildman–Crippen MR) is 114 cm³/mol. The second kappa shape index (κ2) is 10.2. The summed E-state index contributed by atoms with van der Waals surface area (Å²) in [6.07, 6.45) is 5.54. The molecule has 0 unspecified atom stereocenters. The zero-order chi connectivity index (χ0) is 20.6. The van der Waals surface area contributed by atoms with E-state index in [9.17, 15) is 9.59 Å². The molecule has 1 aromatic heterocycles. The van der Waals surface area contributed by atoms with E-state index in [1.54, 1.807) is 0 Å². The Morgan fingerprint density at radius 1 is 1.07 bits per heavy atom. The van der Waals surface area contributed by atoms with Gasteiger partial charge in [0.25, 0.3) is 11.8 Å². The van der Waals surface area contributed by atoms with Gasteiger partial charge in [0.15, 0.2) is 5.82 Å². The molecule has 2 heterocycles. The van der Waals surface area contributed by atoms with Crippen molar-refractivity contribution in [3.05, 3.63) is 53.1 Å². The molecule has 29 heavy (non-hydrogen) atoms. The number of amides is 2. The van der Waals surface area contributed by atoms with Gasteiger partial charge in [0.2, 0.25) is 0 Å². The van der Waals surface area contributed by atoms with Crippen molar-refractivity contribution in [3.8, 4) is 0 Å². The van der Waals surface area contributed by atoms with E-state index in [0.717, 1.165) is 50.8 Å². The number of fused-ring (bicyclic) bond motifs is 1. The van der Waals surface area contributed by atoms with Gasteiger partial charge in [0.05, 0.1) is 5.69 Å². The van der Waals surface area contributed by atoms with Gasteiger partial charge in [-0.2, -0.15) is 0 Å². The number of carbonyl (C=O) groups excluding carboxylic acids is 2. The summed E-state index contributed by atoms with van der Waals surface area (Å²) in [5, 5.41) is 5.93. The molecule has 3 rings (SSSR count). The molecule has 0 saturated carbocycles. The number of aryl methyl sites for hydroxylation is 1. The van der Waals surface area contributed by atoms with Gasteiger partial charge in [-0.05, 0) is 50.0 Å². The number of carbonyl (C=O) groups is 2. The van der Waals surface area contributed by atoms with Gasteiger partial charge in [-0.25, -0.2) is 4.98 Å². The normalized spacial score (nSPS) is 13.2. The molecule has 2 N–H and O–H groups in total. The Morgan fingerprint density at radius 3 is 2.59 bits per heavy atom. The van der Waals surface area contributed by atoms with Crippen LogP contribution in [-0.4, -0.2) is 34.5 Å². The molecule has 0 saturated heterocycles. The van der Waals surface area contributed by atoms with Gasteiger partial charge in [0.1, 0.15) is 5.69 Å².